The first kappa shape index (κ1) is 25.5. The zero-order valence-corrected chi connectivity index (χ0v) is 21.4. The molecule has 194 valence electrons. The Bertz CT molecular complexity index is 1590. The molecule has 0 radical (unpaired) electrons. The SMILES string of the molecule is O=C(COC(=O)c1cc(-c2cccnc2)nc2ccccc12)Nc1cccc(S(=O)(=O)N2CCCCC2)c1. The van der Waals surface area contributed by atoms with Crippen molar-refractivity contribution in [1.29, 1.82) is 0 Å². The first-order chi connectivity index (χ1) is 18.4. The summed E-state index contributed by atoms with van der Waals surface area (Å²) in [5.41, 5.74) is 2.48. The van der Waals surface area contributed by atoms with Crippen LogP contribution in [0.1, 0.15) is 29.6 Å². The Hall–Kier alpha value is -4.15. The third kappa shape index (κ3) is 5.56. The zero-order valence-electron chi connectivity index (χ0n) is 20.5. The van der Waals surface area contributed by atoms with E-state index in [1.807, 2.05) is 12.1 Å². The number of anilines is 1. The molecule has 2 aromatic heterocycles. The number of sulfonamides is 1. The van der Waals surface area contributed by atoms with Gasteiger partial charge in [-0.05, 0) is 55.3 Å². The van der Waals surface area contributed by atoms with E-state index in [1.54, 1.807) is 54.9 Å². The first-order valence-corrected chi connectivity index (χ1v) is 13.7. The number of piperidine rings is 1. The van der Waals surface area contributed by atoms with E-state index in [4.69, 9.17) is 4.74 Å². The number of rotatable bonds is 7. The highest BCUT2D eigenvalue weighted by Crippen LogP contribution is 2.26. The fourth-order valence-electron chi connectivity index (χ4n) is 4.40. The number of hydrogen-bond acceptors (Lipinski definition) is 7. The standard InChI is InChI=1S/C28H26N4O5S/c33-27(30-21-9-6-10-22(16-21)38(35,36)32-14-4-1-5-15-32)19-37-28(34)24-17-26(20-8-7-13-29-18-20)31-25-12-3-2-11-23(24)25/h2-3,6-13,16-18H,1,4-5,14-15,19H2,(H,30,33). The lowest BCUT2D eigenvalue weighted by molar-refractivity contribution is -0.119. The van der Waals surface area contributed by atoms with Gasteiger partial charge in [-0.2, -0.15) is 4.31 Å². The van der Waals surface area contributed by atoms with Crippen LogP contribution in [0.25, 0.3) is 22.2 Å². The zero-order chi connectivity index (χ0) is 26.5. The molecule has 5 rings (SSSR count). The van der Waals surface area contributed by atoms with Crippen molar-refractivity contribution >= 4 is 38.5 Å². The van der Waals surface area contributed by atoms with Gasteiger partial charge in [0, 0.05) is 42.1 Å². The van der Waals surface area contributed by atoms with Crippen LogP contribution in [0, 0.1) is 0 Å². The Kier molecular flexibility index (Phi) is 7.43. The predicted octanol–water partition coefficient (Wildman–Crippen LogP) is 4.27. The Balaban J connectivity index is 1.29. The molecule has 38 heavy (non-hydrogen) atoms. The third-order valence-corrected chi connectivity index (χ3v) is 8.19. The lowest BCUT2D eigenvalue weighted by atomic mass is 10.1. The van der Waals surface area contributed by atoms with Gasteiger partial charge in [0.2, 0.25) is 10.0 Å². The number of pyridine rings is 2. The molecule has 0 atom stereocenters. The van der Waals surface area contributed by atoms with Crippen LogP contribution in [0.15, 0.2) is 84.0 Å². The van der Waals surface area contributed by atoms with E-state index in [2.05, 4.69) is 15.3 Å². The second kappa shape index (κ2) is 11.1. The van der Waals surface area contributed by atoms with Gasteiger partial charge >= 0.3 is 5.97 Å². The molecule has 1 aliphatic heterocycles. The van der Waals surface area contributed by atoms with Gasteiger partial charge in [-0.1, -0.05) is 30.7 Å². The molecule has 1 N–H and O–H groups in total. The molecule has 2 aromatic carbocycles. The minimum atomic E-state index is -3.64. The molecular formula is C28H26N4O5S. The highest BCUT2D eigenvalue weighted by atomic mass is 32.2. The Labute approximate surface area is 220 Å². The number of nitrogens with one attached hydrogen (secondary N) is 1. The van der Waals surface area contributed by atoms with E-state index in [1.165, 1.54) is 16.4 Å². The number of ether oxygens (including phenoxy) is 1. The van der Waals surface area contributed by atoms with Gasteiger partial charge in [0.15, 0.2) is 6.61 Å². The molecule has 9 nitrogen and oxygen atoms in total. The van der Waals surface area contributed by atoms with Crippen LogP contribution < -0.4 is 5.32 Å². The maximum atomic E-state index is 13.0. The molecule has 0 aliphatic carbocycles. The fraction of sp³-hybridized carbons (Fsp3) is 0.214. The molecule has 1 fully saturated rings. The summed E-state index contributed by atoms with van der Waals surface area (Å²) < 4.78 is 32.7. The monoisotopic (exact) mass is 530 g/mol. The average Bonchev–Trinajstić information content (AvgIpc) is 2.96. The number of amides is 1. The fourth-order valence-corrected chi connectivity index (χ4v) is 5.96. The molecule has 1 saturated heterocycles. The molecule has 0 saturated carbocycles. The molecular weight excluding hydrogens is 504 g/mol. The van der Waals surface area contributed by atoms with Gasteiger partial charge < -0.3 is 10.1 Å². The van der Waals surface area contributed by atoms with Crippen molar-refractivity contribution in [2.75, 3.05) is 25.0 Å². The van der Waals surface area contributed by atoms with Gasteiger partial charge in [0.1, 0.15) is 0 Å². The van der Waals surface area contributed by atoms with E-state index in [9.17, 15) is 18.0 Å². The van der Waals surface area contributed by atoms with Crippen LogP contribution in [-0.2, 0) is 19.6 Å². The summed E-state index contributed by atoms with van der Waals surface area (Å²) in [6.45, 7) is 0.433. The first-order valence-electron chi connectivity index (χ1n) is 12.3. The second-order valence-electron chi connectivity index (χ2n) is 8.93. The predicted molar refractivity (Wildman–Crippen MR) is 143 cm³/mol. The average molecular weight is 531 g/mol. The molecule has 4 aromatic rings. The Morgan fingerprint density at radius 1 is 0.947 bits per heavy atom. The highest BCUT2D eigenvalue weighted by molar-refractivity contribution is 7.89. The molecule has 0 bridgehead atoms. The number of nitrogens with zero attached hydrogens (tertiary/aromatic N) is 3. The van der Waals surface area contributed by atoms with Crippen molar-refractivity contribution < 1.29 is 22.7 Å². The van der Waals surface area contributed by atoms with Crippen LogP contribution in [-0.4, -0.2) is 54.3 Å². The van der Waals surface area contributed by atoms with Crippen LogP contribution in [0.2, 0.25) is 0 Å². The maximum Gasteiger partial charge on any atom is 0.339 e. The lowest BCUT2D eigenvalue weighted by Crippen LogP contribution is -2.35. The number of aromatic nitrogens is 2. The van der Waals surface area contributed by atoms with Crippen LogP contribution in [0.5, 0.6) is 0 Å². The Morgan fingerprint density at radius 3 is 2.55 bits per heavy atom. The van der Waals surface area contributed by atoms with E-state index in [-0.39, 0.29) is 10.5 Å². The topological polar surface area (TPSA) is 119 Å². The van der Waals surface area contributed by atoms with Crippen molar-refractivity contribution in [3.8, 4) is 11.3 Å². The summed E-state index contributed by atoms with van der Waals surface area (Å²) in [6, 6.07) is 18.5. The van der Waals surface area contributed by atoms with Crippen LogP contribution in [0.4, 0.5) is 5.69 Å². The molecule has 0 spiro atoms. The number of esters is 1. The smallest absolute Gasteiger partial charge is 0.339 e. The number of carbonyl (C=O) groups excluding carboxylic acids is 2. The quantitative estimate of drug-likeness (QED) is 0.355. The van der Waals surface area contributed by atoms with Crippen molar-refractivity contribution in [3.05, 3.63) is 84.7 Å². The second-order valence-corrected chi connectivity index (χ2v) is 10.9. The summed E-state index contributed by atoms with van der Waals surface area (Å²) >= 11 is 0. The Morgan fingerprint density at radius 2 is 1.76 bits per heavy atom. The van der Waals surface area contributed by atoms with Crippen molar-refractivity contribution in [2.24, 2.45) is 0 Å². The van der Waals surface area contributed by atoms with E-state index >= 15 is 0 Å². The summed E-state index contributed by atoms with van der Waals surface area (Å²) in [4.78, 5) is 34.5. The largest absolute Gasteiger partial charge is 0.452 e. The van der Waals surface area contributed by atoms with Gasteiger partial charge in [-0.15, -0.1) is 0 Å². The van der Waals surface area contributed by atoms with Crippen molar-refractivity contribution in [1.82, 2.24) is 14.3 Å². The molecule has 3 heterocycles. The number of hydrogen-bond donors (Lipinski definition) is 1. The molecule has 0 unspecified atom stereocenters. The van der Waals surface area contributed by atoms with E-state index in [0.717, 1.165) is 24.8 Å². The third-order valence-electron chi connectivity index (χ3n) is 6.30. The number of para-hydroxylation sites is 1. The number of benzene rings is 2. The summed E-state index contributed by atoms with van der Waals surface area (Å²) in [5.74, 6) is -1.26. The van der Waals surface area contributed by atoms with Gasteiger partial charge in [-0.25, -0.2) is 18.2 Å². The molecule has 10 heteroatoms. The highest BCUT2D eigenvalue weighted by Gasteiger charge is 2.26. The minimum absolute atomic E-state index is 0.111. The summed E-state index contributed by atoms with van der Waals surface area (Å²) in [5, 5.41) is 3.22. The van der Waals surface area contributed by atoms with E-state index in [0.29, 0.717) is 35.4 Å². The van der Waals surface area contributed by atoms with Crippen LogP contribution >= 0.6 is 0 Å². The van der Waals surface area contributed by atoms with Gasteiger partial charge in [0.05, 0.1) is 21.7 Å². The maximum absolute atomic E-state index is 13.0. The van der Waals surface area contributed by atoms with Crippen molar-refractivity contribution in [2.45, 2.75) is 24.2 Å². The number of carbonyl (C=O) groups is 2. The molecule has 1 aliphatic rings. The van der Waals surface area contributed by atoms with Crippen LogP contribution in [0.3, 0.4) is 0 Å². The summed E-state index contributed by atoms with van der Waals surface area (Å²) in [7, 11) is -3.64. The van der Waals surface area contributed by atoms with Gasteiger partial charge in [-0.3, -0.25) is 9.78 Å². The minimum Gasteiger partial charge on any atom is -0.452 e. The van der Waals surface area contributed by atoms with E-state index < -0.39 is 28.5 Å². The van der Waals surface area contributed by atoms with Gasteiger partial charge in [0.25, 0.3) is 5.91 Å². The number of fused-ring (bicyclic) bond motifs is 1. The lowest BCUT2D eigenvalue weighted by Gasteiger charge is -2.26. The normalized spacial score (nSPS) is 14.2. The van der Waals surface area contributed by atoms with Crippen molar-refractivity contribution in [3.63, 3.8) is 0 Å². The molecule has 1 amide bonds. The summed E-state index contributed by atoms with van der Waals surface area (Å²) in [6.07, 6.45) is 5.98.